The van der Waals surface area contributed by atoms with Gasteiger partial charge in [0.05, 0.1) is 39.1 Å². The van der Waals surface area contributed by atoms with Gasteiger partial charge in [0.2, 0.25) is 11.9 Å². The minimum atomic E-state index is -1.13. The lowest BCUT2D eigenvalue weighted by Crippen LogP contribution is -2.38. The third-order valence-corrected chi connectivity index (χ3v) is 6.30. The molecule has 2 unspecified atom stereocenters. The number of nitrogens with zero attached hydrogens (tertiary/aromatic N) is 2. The van der Waals surface area contributed by atoms with Crippen LogP contribution in [0.1, 0.15) is 29.0 Å². The highest BCUT2D eigenvalue weighted by Crippen LogP contribution is 2.41. The number of nitrogens with one attached hydrogen (secondary N) is 3. The van der Waals surface area contributed by atoms with Crippen LogP contribution in [0.25, 0.3) is 0 Å². The number of aromatic nitrogens is 2. The monoisotopic (exact) mass is 503 g/mol. The van der Waals surface area contributed by atoms with E-state index in [9.17, 15) is 14.9 Å². The van der Waals surface area contributed by atoms with E-state index in [-0.39, 0.29) is 17.3 Å². The van der Waals surface area contributed by atoms with Crippen LogP contribution in [0.4, 0.5) is 11.8 Å². The molecule has 1 aromatic heterocycles. The van der Waals surface area contributed by atoms with Crippen molar-refractivity contribution in [1.29, 1.82) is 5.26 Å². The van der Waals surface area contributed by atoms with Gasteiger partial charge < -0.3 is 29.6 Å². The second-order valence-corrected chi connectivity index (χ2v) is 8.55. The number of aromatic amines is 1. The molecule has 2 aromatic carbocycles. The maximum Gasteiger partial charge on any atom is 0.258 e. The van der Waals surface area contributed by atoms with Crippen molar-refractivity contribution in [2.45, 2.75) is 18.9 Å². The van der Waals surface area contributed by atoms with Crippen molar-refractivity contribution in [3.63, 3.8) is 0 Å². The van der Waals surface area contributed by atoms with Crippen LogP contribution < -0.4 is 35.1 Å². The average molecular weight is 504 g/mol. The number of rotatable bonds is 6. The van der Waals surface area contributed by atoms with Crippen LogP contribution in [0.15, 0.2) is 41.2 Å². The Kier molecular flexibility index (Phi) is 6.55. The first-order valence-electron chi connectivity index (χ1n) is 11.7. The van der Waals surface area contributed by atoms with E-state index in [2.05, 4.69) is 20.6 Å². The third kappa shape index (κ3) is 4.61. The lowest BCUT2D eigenvalue weighted by atomic mass is 9.79. The van der Waals surface area contributed by atoms with Gasteiger partial charge in [-0.2, -0.15) is 10.2 Å². The van der Waals surface area contributed by atoms with Gasteiger partial charge in [0.1, 0.15) is 11.7 Å². The van der Waals surface area contributed by atoms with E-state index in [1.807, 2.05) is 24.3 Å². The summed E-state index contributed by atoms with van der Waals surface area (Å²) in [5.41, 5.74) is 1.17. The molecule has 190 valence electrons. The van der Waals surface area contributed by atoms with Crippen molar-refractivity contribution < 1.29 is 23.7 Å². The highest BCUT2D eigenvalue weighted by atomic mass is 16.5. The number of carbonyl (C=O) groups excluding carboxylic acids is 1. The molecule has 0 fully saturated rings. The zero-order valence-electron chi connectivity index (χ0n) is 20.3. The standard InChI is InChI=1S/C26H25N5O6/c1-34-17-7-5-15(11-19(17)35-2)21-16(12-27)24(32)29-23-22(21)25(33)31-26(30-23)28-13-14-4-6-18-20(10-14)37-9-3-8-36-18/h4-7,10-11,16,21H,3,8-9,13H2,1-2H3,(H3,28,29,30,31,32,33). The van der Waals surface area contributed by atoms with Gasteiger partial charge in [-0.3, -0.25) is 14.6 Å². The first-order valence-corrected chi connectivity index (χ1v) is 11.7. The smallest absolute Gasteiger partial charge is 0.258 e. The maximum atomic E-state index is 13.3. The number of benzene rings is 2. The summed E-state index contributed by atoms with van der Waals surface area (Å²) in [7, 11) is 3.00. The predicted octanol–water partition coefficient (Wildman–Crippen LogP) is 2.78. The molecule has 3 N–H and O–H groups in total. The summed E-state index contributed by atoms with van der Waals surface area (Å²) in [6.07, 6.45) is 0.811. The molecule has 0 saturated carbocycles. The molecular formula is C26H25N5O6. The fraction of sp³-hybridized carbons (Fsp3) is 0.308. The summed E-state index contributed by atoms with van der Waals surface area (Å²) in [4.78, 5) is 33.3. The Morgan fingerprint density at radius 1 is 1.08 bits per heavy atom. The lowest BCUT2D eigenvalue weighted by Gasteiger charge is -2.28. The fourth-order valence-electron chi connectivity index (χ4n) is 4.50. The van der Waals surface area contributed by atoms with Gasteiger partial charge in [-0.25, -0.2) is 0 Å². The Balaban J connectivity index is 1.46. The molecule has 2 aliphatic heterocycles. The number of amides is 1. The maximum absolute atomic E-state index is 13.3. The molecule has 0 bridgehead atoms. The molecule has 0 aliphatic carbocycles. The van der Waals surface area contributed by atoms with E-state index in [0.717, 1.165) is 12.0 Å². The second kappa shape index (κ2) is 10.1. The Labute approximate surface area is 212 Å². The minimum absolute atomic E-state index is 0.0983. The number of ether oxygens (including phenoxy) is 4. The molecule has 37 heavy (non-hydrogen) atoms. The summed E-state index contributed by atoms with van der Waals surface area (Å²) in [6, 6.07) is 12.7. The van der Waals surface area contributed by atoms with E-state index in [0.29, 0.717) is 48.3 Å². The Bertz CT molecular complexity index is 1450. The van der Waals surface area contributed by atoms with Crippen molar-refractivity contribution in [1.82, 2.24) is 9.97 Å². The topological polar surface area (TPSA) is 148 Å². The highest BCUT2D eigenvalue weighted by molar-refractivity contribution is 5.98. The molecular weight excluding hydrogens is 478 g/mol. The SMILES string of the molecule is COc1ccc(C2c3c(nc(NCc4ccc5c(c4)OCCCO5)[nH]c3=O)NC(=O)C2C#N)cc1OC. The number of carbonyl (C=O) groups is 1. The van der Waals surface area contributed by atoms with Crippen LogP contribution in [0.2, 0.25) is 0 Å². The molecule has 0 spiro atoms. The minimum Gasteiger partial charge on any atom is -0.493 e. The molecule has 0 saturated heterocycles. The largest absolute Gasteiger partial charge is 0.493 e. The molecule has 11 heteroatoms. The first kappa shape index (κ1) is 24.0. The van der Waals surface area contributed by atoms with Gasteiger partial charge in [-0.05, 0) is 35.4 Å². The van der Waals surface area contributed by atoms with Gasteiger partial charge in [-0.15, -0.1) is 0 Å². The fourth-order valence-corrected chi connectivity index (χ4v) is 4.50. The van der Waals surface area contributed by atoms with E-state index >= 15 is 0 Å². The van der Waals surface area contributed by atoms with E-state index in [1.54, 1.807) is 18.2 Å². The molecule has 3 heterocycles. The van der Waals surface area contributed by atoms with Gasteiger partial charge in [0.15, 0.2) is 23.0 Å². The molecule has 2 aliphatic rings. The third-order valence-electron chi connectivity index (χ3n) is 6.30. The van der Waals surface area contributed by atoms with Crippen molar-refractivity contribution in [2.24, 2.45) is 5.92 Å². The zero-order valence-corrected chi connectivity index (χ0v) is 20.3. The number of hydrogen-bond acceptors (Lipinski definition) is 9. The molecule has 1 amide bonds. The van der Waals surface area contributed by atoms with Crippen LogP contribution in [-0.4, -0.2) is 43.3 Å². The van der Waals surface area contributed by atoms with Gasteiger partial charge in [0, 0.05) is 18.9 Å². The highest BCUT2D eigenvalue weighted by Gasteiger charge is 2.40. The molecule has 0 radical (unpaired) electrons. The Morgan fingerprint density at radius 3 is 2.62 bits per heavy atom. The van der Waals surface area contributed by atoms with Crippen LogP contribution in [0.5, 0.6) is 23.0 Å². The Hall–Kier alpha value is -4.72. The number of nitriles is 1. The lowest BCUT2D eigenvalue weighted by molar-refractivity contribution is -0.119. The Morgan fingerprint density at radius 2 is 1.86 bits per heavy atom. The van der Waals surface area contributed by atoms with Gasteiger partial charge >= 0.3 is 0 Å². The summed E-state index contributed by atoms with van der Waals surface area (Å²) in [5, 5.41) is 15.5. The summed E-state index contributed by atoms with van der Waals surface area (Å²) in [5.74, 6) is 0.0210. The van der Waals surface area contributed by atoms with Crippen LogP contribution in [0.3, 0.4) is 0 Å². The summed E-state index contributed by atoms with van der Waals surface area (Å²) in [6.45, 7) is 1.52. The average Bonchev–Trinajstić information content (AvgIpc) is 3.15. The van der Waals surface area contributed by atoms with E-state index in [1.165, 1.54) is 14.2 Å². The van der Waals surface area contributed by atoms with Crippen molar-refractivity contribution in [2.75, 3.05) is 38.1 Å². The molecule has 3 aromatic rings. The van der Waals surface area contributed by atoms with Gasteiger partial charge in [-0.1, -0.05) is 12.1 Å². The molecule has 2 atom stereocenters. The van der Waals surface area contributed by atoms with Crippen LogP contribution in [-0.2, 0) is 11.3 Å². The van der Waals surface area contributed by atoms with Crippen molar-refractivity contribution in [3.8, 4) is 29.1 Å². The number of anilines is 2. The van der Waals surface area contributed by atoms with Crippen molar-refractivity contribution >= 4 is 17.7 Å². The van der Waals surface area contributed by atoms with E-state index < -0.39 is 23.3 Å². The zero-order chi connectivity index (χ0) is 25.9. The normalized spacial score (nSPS) is 18.0. The predicted molar refractivity (Wildman–Crippen MR) is 133 cm³/mol. The number of fused-ring (bicyclic) bond motifs is 2. The number of methoxy groups -OCH3 is 2. The molecule has 5 rings (SSSR count). The first-order chi connectivity index (χ1) is 18.0. The van der Waals surface area contributed by atoms with Crippen molar-refractivity contribution in [3.05, 3.63) is 63.4 Å². The summed E-state index contributed by atoms with van der Waals surface area (Å²) >= 11 is 0. The van der Waals surface area contributed by atoms with Crippen LogP contribution >= 0.6 is 0 Å². The molecule has 11 nitrogen and oxygen atoms in total. The quantitative estimate of drug-likeness (QED) is 0.462. The van der Waals surface area contributed by atoms with E-state index in [4.69, 9.17) is 18.9 Å². The van der Waals surface area contributed by atoms with Crippen LogP contribution in [0, 0.1) is 17.2 Å². The summed E-state index contributed by atoms with van der Waals surface area (Å²) < 4.78 is 22.1. The number of H-pyrrole nitrogens is 1. The number of hydrogen-bond donors (Lipinski definition) is 3. The van der Waals surface area contributed by atoms with Gasteiger partial charge in [0.25, 0.3) is 5.56 Å². The second-order valence-electron chi connectivity index (χ2n) is 8.55.